The van der Waals surface area contributed by atoms with Gasteiger partial charge in [0, 0.05) is 6.07 Å². The molecule has 0 fully saturated rings. The van der Waals surface area contributed by atoms with Gasteiger partial charge in [0.05, 0.1) is 16.7 Å². The van der Waals surface area contributed by atoms with E-state index in [1.54, 1.807) is 0 Å². The highest BCUT2D eigenvalue weighted by molar-refractivity contribution is 5.88. The van der Waals surface area contributed by atoms with Gasteiger partial charge in [0.1, 0.15) is 23.0 Å². The molecule has 0 saturated heterocycles. The standard InChI is InChI=1S/C21H13F3O6/c22-21(23,24)14-9-17(29-15-5-1-3-12(7-15)19(25)26)11-18(10-14)30-16-6-2-4-13(8-16)20(27)28/h1-11H,(H,25,26)(H,27,28). The average molecular weight is 418 g/mol. The van der Waals surface area contributed by atoms with Gasteiger partial charge in [-0.25, -0.2) is 9.59 Å². The number of halogens is 3. The molecule has 2 N–H and O–H groups in total. The summed E-state index contributed by atoms with van der Waals surface area (Å²) in [5.74, 6) is -2.87. The lowest BCUT2D eigenvalue weighted by atomic mass is 10.2. The SMILES string of the molecule is O=C(O)c1cccc(Oc2cc(Oc3cccc(C(=O)O)c3)cc(C(F)(F)F)c2)c1. The molecule has 0 saturated carbocycles. The Kier molecular flexibility index (Phi) is 5.63. The minimum absolute atomic E-state index is 0.0213. The fraction of sp³-hybridized carbons (Fsp3) is 0.0476. The molecule has 0 aliphatic carbocycles. The van der Waals surface area contributed by atoms with Crippen LogP contribution in [0.2, 0.25) is 0 Å². The van der Waals surface area contributed by atoms with Crippen LogP contribution in [0.5, 0.6) is 23.0 Å². The third-order valence-corrected chi connectivity index (χ3v) is 3.84. The Morgan fingerprint density at radius 2 is 1.10 bits per heavy atom. The second-order valence-corrected chi connectivity index (χ2v) is 6.06. The van der Waals surface area contributed by atoms with E-state index >= 15 is 0 Å². The molecule has 30 heavy (non-hydrogen) atoms. The third-order valence-electron chi connectivity index (χ3n) is 3.84. The summed E-state index contributed by atoms with van der Waals surface area (Å²) in [5, 5.41) is 18.1. The molecule has 0 aliphatic heterocycles. The zero-order valence-corrected chi connectivity index (χ0v) is 15.0. The zero-order valence-electron chi connectivity index (χ0n) is 15.0. The summed E-state index contributed by atoms with van der Waals surface area (Å²) in [6.07, 6.45) is -4.71. The molecule has 0 radical (unpaired) electrons. The largest absolute Gasteiger partial charge is 0.478 e. The molecule has 3 aromatic carbocycles. The first-order chi connectivity index (χ1) is 14.1. The lowest BCUT2D eigenvalue weighted by Gasteiger charge is -2.14. The summed E-state index contributed by atoms with van der Waals surface area (Å²) in [6.45, 7) is 0. The maximum Gasteiger partial charge on any atom is 0.416 e. The molecule has 9 heteroatoms. The molecule has 0 unspecified atom stereocenters. The van der Waals surface area contributed by atoms with Gasteiger partial charge in [-0.15, -0.1) is 0 Å². The average Bonchev–Trinajstić information content (AvgIpc) is 2.67. The molecule has 3 rings (SSSR count). The normalized spacial score (nSPS) is 11.0. The van der Waals surface area contributed by atoms with Crippen molar-refractivity contribution in [1.82, 2.24) is 0 Å². The summed E-state index contributed by atoms with van der Waals surface area (Å²) in [4.78, 5) is 22.1. The Balaban J connectivity index is 1.96. The zero-order chi connectivity index (χ0) is 21.9. The molecule has 0 bridgehead atoms. The molecule has 0 aliphatic rings. The number of hydrogen-bond donors (Lipinski definition) is 2. The minimum atomic E-state index is -4.71. The van der Waals surface area contributed by atoms with E-state index in [0.717, 1.165) is 12.1 Å². The van der Waals surface area contributed by atoms with Crippen molar-refractivity contribution in [2.45, 2.75) is 6.18 Å². The Morgan fingerprint density at radius 3 is 1.47 bits per heavy atom. The lowest BCUT2D eigenvalue weighted by Crippen LogP contribution is -2.05. The van der Waals surface area contributed by atoms with Crippen LogP contribution < -0.4 is 9.47 Å². The van der Waals surface area contributed by atoms with Gasteiger partial charge >= 0.3 is 18.1 Å². The van der Waals surface area contributed by atoms with E-state index in [1.165, 1.54) is 54.6 Å². The fourth-order valence-electron chi connectivity index (χ4n) is 2.51. The molecule has 0 amide bonds. The Bertz CT molecular complexity index is 1030. The molecule has 0 spiro atoms. The molecule has 154 valence electrons. The molecule has 0 aromatic heterocycles. The second-order valence-electron chi connectivity index (χ2n) is 6.06. The maximum absolute atomic E-state index is 13.3. The van der Waals surface area contributed by atoms with Crippen LogP contribution in [0.25, 0.3) is 0 Å². The number of carboxylic acid groups (broad SMARTS) is 2. The second kappa shape index (κ2) is 8.16. The summed E-state index contributed by atoms with van der Waals surface area (Å²) in [7, 11) is 0. The van der Waals surface area contributed by atoms with Crippen molar-refractivity contribution in [3.8, 4) is 23.0 Å². The quantitative estimate of drug-likeness (QED) is 0.535. The van der Waals surface area contributed by atoms with Gasteiger partial charge in [-0.2, -0.15) is 13.2 Å². The number of carbonyl (C=O) groups is 2. The van der Waals surface area contributed by atoms with E-state index in [-0.39, 0.29) is 34.1 Å². The van der Waals surface area contributed by atoms with Crippen molar-refractivity contribution in [1.29, 1.82) is 0 Å². The van der Waals surface area contributed by atoms with Crippen LogP contribution >= 0.6 is 0 Å². The van der Waals surface area contributed by atoms with Crippen molar-refractivity contribution in [2.75, 3.05) is 0 Å². The van der Waals surface area contributed by atoms with Crippen LogP contribution in [0.1, 0.15) is 26.3 Å². The molecular formula is C21H13F3O6. The van der Waals surface area contributed by atoms with E-state index in [9.17, 15) is 22.8 Å². The lowest BCUT2D eigenvalue weighted by molar-refractivity contribution is -0.137. The van der Waals surface area contributed by atoms with Crippen molar-refractivity contribution in [2.24, 2.45) is 0 Å². The number of carboxylic acids is 2. The van der Waals surface area contributed by atoms with Crippen LogP contribution in [0.3, 0.4) is 0 Å². The number of benzene rings is 3. The van der Waals surface area contributed by atoms with E-state index in [4.69, 9.17) is 19.7 Å². The van der Waals surface area contributed by atoms with Gasteiger partial charge < -0.3 is 19.7 Å². The topological polar surface area (TPSA) is 93.1 Å². The van der Waals surface area contributed by atoms with E-state index in [1.807, 2.05) is 0 Å². The van der Waals surface area contributed by atoms with E-state index < -0.39 is 23.7 Å². The van der Waals surface area contributed by atoms with E-state index in [2.05, 4.69) is 0 Å². The molecule has 0 atom stereocenters. The smallest absolute Gasteiger partial charge is 0.416 e. The molecule has 3 aromatic rings. The van der Waals surface area contributed by atoms with Crippen LogP contribution in [-0.2, 0) is 6.18 Å². The first-order valence-corrected chi connectivity index (χ1v) is 8.36. The Labute approximate surface area is 167 Å². The number of hydrogen-bond acceptors (Lipinski definition) is 4. The number of ether oxygens (including phenoxy) is 2. The maximum atomic E-state index is 13.3. The summed E-state index contributed by atoms with van der Waals surface area (Å²) in [6, 6.07) is 13.2. The van der Waals surface area contributed by atoms with Crippen molar-refractivity contribution < 1.29 is 42.4 Å². The van der Waals surface area contributed by atoms with E-state index in [0.29, 0.717) is 0 Å². The summed E-state index contributed by atoms with van der Waals surface area (Å²) in [5.41, 5.74) is -1.25. The van der Waals surface area contributed by atoms with Crippen molar-refractivity contribution in [3.63, 3.8) is 0 Å². The monoisotopic (exact) mass is 418 g/mol. The van der Waals surface area contributed by atoms with Crippen LogP contribution in [-0.4, -0.2) is 22.2 Å². The number of alkyl halides is 3. The van der Waals surface area contributed by atoms with Crippen LogP contribution in [0.4, 0.5) is 13.2 Å². The van der Waals surface area contributed by atoms with Gasteiger partial charge in [0.15, 0.2) is 0 Å². The highest BCUT2D eigenvalue weighted by Gasteiger charge is 2.32. The van der Waals surface area contributed by atoms with Gasteiger partial charge in [0.25, 0.3) is 0 Å². The summed E-state index contributed by atoms with van der Waals surface area (Å²) >= 11 is 0. The number of rotatable bonds is 6. The van der Waals surface area contributed by atoms with Gasteiger partial charge in [0.2, 0.25) is 0 Å². The van der Waals surface area contributed by atoms with Crippen LogP contribution in [0.15, 0.2) is 66.7 Å². The fourth-order valence-corrected chi connectivity index (χ4v) is 2.51. The Hall–Kier alpha value is -4.01. The highest BCUT2D eigenvalue weighted by atomic mass is 19.4. The predicted molar refractivity (Wildman–Crippen MR) is 98.4 cm³/mol. The van der Waals surface area contributed by atoms with Gasteiger partial charge in [-0.05, 0) is 48.5 Å². The predicted octanol–water partition coefficient (Wildman–Crippen LogP) is 5.69. The first-order valence-electron chi connectivity index (χ1n) is 8.36. The molecule has 0 heterocycles. The van der Waals surface area contributed by atoms with Crippen LogP contribution in [0, 0.1) is 0 Å². The highest BCUT2D eigenvalue weighted by Crippen LogP contribution is 2.37. The minimum Gasteiger partial charge on any atom is -0.478 e. The molecular weight excluding hydrogens is 405 g/mol. The molecule has 6 nitrogen and oxygen atoms in total. The van der Waals surface area contributed by atoms with Crippen molar-refractivity contribution >= 4 is 11.9 Å². The van der Waals surface area contributed by atoms with Gasteiger partial charge in [-0.3, -0.25) is 0 Å². The summed E-state index contributed by atoms with van der Waals surface area (Å²) < 4.78 is 50.7. The third kappa shape index (κ3) is 5.07. The first kappa shape index (κ1) is 20.7. The van der Waals surface area contributed by atoms with Gasteiger partial charge in [-0.1, -0.05) is 12.1 Å². The van der Waals surface area contributed by atoms with Crippen molar-refractivity contribution in [3.05, 3.63) is 83.4 Å². The Morgan fingerprint density at radius 1 is 0.667 bits per heavy atom. The number of aromatic carboxylic acids is 2.